The summed E-state index contributed by atoms with van der Waals surface area (Å²) >= 11 is 0. The second-order valence-corrected chi connectivity index (χ2v) is 23.1. The highest BCUT2D eigenvalue weighted by molar-refractivity contribution is 5.71. The summed E-state index contributed by atoms with van der Waals surface area (Å²) in [7, 11) is 0. The molecule has 1 unspecified atom stereocenters. The molecule has 83 heavy (non-hydrogen) atoms. The van der Waals surface area contributed by atoms with Crippen molar-refractivity contribution < 1.29 is 28.6 Å². The minimum Gasteiger partial charge on any atom is -0.462 e. The molecule has 0 radical (unpaired) electrons. The van der Waals surface area contributed by atoms with E-state index >= 15 is 0 Å². The van der Waals surface area contributed by atoms with Crippen LogP contribution in [0.2, 0.25) is 0 Å². The van der Waals surface area contributed by atoms with Gasteiger partial charge in [-0.25, -0.2) is 0 Å². The van der Waals surface area contributed by atoms with Gasteiger partial charge in [0, 0.05) is 19.3 Å². The topological polar surface area (TPSA) is 78.9 Å². The molecule has 1 atom stereocenters. The van der Waals surface area contributed by atoms with Gasteiger partial charge in [0.2, 0.25) is 0 Å². The summed E-state index contributed by atoms with van der Waals surface area (Å²) in [6.07, 6.45) is 97.7. The van der Waals surface area contributed by atoms with Crippen LogP contribution in [0.25, 0.3) is 0 Å². The lowest BCUT2D eigenvalue weighted by Gasteiger charge is -2.18. The van der Waals surface area contributed by atoms with E-state index in [4.69, 9.17) is 14.2 Å². The Labute approximate surface area is 513 Å². The number of unbranched alkanes of at least 4 members (excludes halogenated alkanes) is 32. The summed E-state index contributed by atoms with van der Waals surface area (Å²) < 4.78 is 17.0. The molecule has 0 saturated heterocycles. The SMILES string of the molecule is CC/C=C\C/C=C\C/C=C\C/C=C\CCCCCCCCCCCCC(=O)OCC(COC(=O)CCCCCCCC/C=C\C/C=C\C/C=C\CCCCCCC)OC(=O)CCCCCCCC/C=C\C/C=C\C/C=C\CCCCCCC. The van der Waals surface area contributed by atoms with Crippen molar-refractivity contribution >= 4 is 17.9 Å². The van der Waals surface area contributed by atoms with Crippen LogP contribution < -0.4 is 0 Å². The van der Waals surface area contributed by atoms with Crippen molar-refractivity contribution in [2.45, 2.75) is 335 Å². The molecule has 0 aliphatic carbocycles. The van der Waals surface area contributed by atoms with Crippen LogP contribution in [0.4, 0.5) is 0 Å². The van der Waals surface area contributed by atoms with Crippen LogP contribution in [0, 0.1) is 0 Å². The number of rotatable bonds is 63. The zero-order valence-corrected chi connectivity index (χ0v) is 54.4. The second kappa shape index (κ2) is 70.3. The van der Waals surface area contributed by atoms with E-state index in [0.717, 1.165) is 128 Å². The Bertz CT molecular complexity index is 1700. The van der Waals surface area contributed by atoms with E-state index in [9.17, 15) is 14.4 Å². The first-order valence-electron chi connectivity index (χ1n) is 35.0. The van der Waals surface area contributed by atoms with Gasteiger partial charge < -0.3 is 14.2 Å². The molecule has 0 aromatic carbocycles. The Hall–Kier alpha value is -4.19. The summed E-state index contributed by atoms with van der Waals surface area (Å²) in [5, 5.41) is 0. The van der Waals surface area contributed by atoms with Crippen LogP contribution in [-0.4, -0.2) is 37.2 Å². The molecular formula is C77H130O6. The molecule has 0 heterocycles. The third-order valence-corrected chi connectivity index (χ3v) is 14.9. The van der Waals surface area contributed by atoms with Crippen LogP contribution >= 0.6 is 0 Å². The highest BCUT2D eigenvalue weighted by Gasteiger charge is 2.19. The van der Waals surface area contributed by atoms with Crippen LogP contribution in [0.3, 0.4) is 0 Å². The number of carbonyl (C=O) groups is 3. The van der Waals surface area contributed by atoms with E-state index < -0.39 is 6.10 Å². The zero-order chi connectivity index (χ0) is 59.9. The Morgan fingerprint density at radius 2 is 0.470 bits per heavy atom. The smallest absolute Gasteiger partial charge is 0.306 e. The van der Waals surface area contributed by atoms with Gasteiger partial charge in [-0.3, -0.25) is 14.4 Å². The monoisotopic (exact) mass is 1150 g/mol. The molecule has 0 aromatic heterocycles. The van der Waals surface area contributed by atoms with Gasteiger partial charge in [0.25, 0.3) is 0 Å². The molecule has 6 nitrogen and oxygen atoms in total. The van der Waals surface area contributed by atoms with Crippen LogP contribution in [0.5, 0.6) is 0 Å². The van der Waals surface area contributed by atoms with Gasteiger partial charge in [-0.1, -0.05) is 296 Å². The lowest BCUT2D eigenvalue weighted by atomic mass is 10.1. The first kappa shape index (κ1) is 78.8. The number of allylic oxidation sites excluding steroid dienone is 20. The third kappa shape index (κ3) is 68.5. The van der Waals surface area contributed by atoms with Crippen molar-refractivity contribution in [1.29, 1.82) is 0 Å². The summed E-state index contributed by atoms with van der Waals surface area (Å²) in [4.78, 5) is 38.5. The molecule has 0 saturated carbocycles. The maximum Gasteiger partial charge on any atom is 0.306 e. The van der Waals surface area contributed by atoms with E-state index in [-0.39, 0.29) is 31.1 Å². The van der Waals surface area contributed by atoms with E-state index in [0.29, 0.717) is 19.3 Å². The van der Waals surface area contributed by atoms with Crippen molar-refractivity contribution in [3.8, 4) is 0 Å². The molecule has 0 spiro atoms. The fourth-order valence-electron chi connectivity index (χ4n) is 9.68. The molecule has 0 rings (SSSR count). The average molecular weight is 1150 g/mol. The Kier molecular flexibility index (Phi) is 66.7. The van der Waals surface area contributed by atoms with Gasteiger partial charge in [0.15, 0.2) is 6.10 Å². The van der Waals surface area contributed by atoms with Crippen LogP contribution in [0.1, 0.15) is 329 Å². The first-order chi connectivity index (χ1) is 41.0. The Morgan fingerprint density at radius 1 is 0.253 bits per heavy atom. The number of ether oxygens (including phenoxy) is 3. The largest absolute Gasteiger partial charge is 0.462 e. The molecule has 0 aliphatic rings. The lowest BCUT2D eigenvalue weighted by Crippen LogP contribution is -2.30. The number of hydrogen-bond acceptors (Lipinski definition) is 6. The van der Waals surface area contributed by atoms with Crippen molar-refractivity contribution in [2.75, 3.05) is 13.2 Å². The van der Waals surface area contributed by atoms with Crippen molar-refractivity contribution in [3.05, 3.63) is 122 Å². The van der Waals surface area contributed by atoms with Gasteiger partial charge in [-0.05, 0) is 135 Å². The molecular weight excluding hydrogens is 1020 g/mol. The first-order valence-corrected chi connectivity index (χ1v) is 35.0. The normalized spacial score (nSPS) is 12.9. The molecule has 6 heteroatoms. The van der Waals surface area contributed by atoms with Gasteiger partial charge in [-0.15, -0.1) is 0 Å². The highest BCUT2D eigenvalue weighted by atomic mass is 16.6. The molecule has 0 bridgehead atoms. The van der Waals surface area contributed by atoms with E-state index in [1.807, 2.05) is 0 Å². The summed E-state index contributed by atoms with van der Waals surface area (Å²) in [6, 6.07) is 0. The second-order valence-electron chi connectivity index (χ2n) is 23.1. The number of hydrogen-bond donors (Lipinski definition) is 0. The molecule has 0 aromatic rings. The predicted octanol–water partition coefficient (Wildman–Crippen LogP) is 24.3. The van der Waals surface area contributed by atoms with Gasteiger partial charge >= 0.3 is 17.9 Å². The standard InChI is InChI=1S/C77H130O6/c1-4-7-10-13-16-19-22-25-28-31-34-37-38-41-43-46-49-52-55-58-61-64-67-70-76(79)82-73-74(83-77(80)71-68-65-62-59-56-53-50-47-44-40-36-33-30-27-24-21-18-15-12-9-6-3)72-81-75(78)69-66-63-60-57-54-51-48-45-42-39-35-32-29-26-23-20-17-14-11-8-5-2/h7,10,16,19,23-28,32-37,42,44-45,47,74H,4-6,8-9,11-15,17-18,20-22,29-31,38-41,43,46,48-73H2,1-3H3/b10-7-,19-16-,26-23-,27-24-,28-25-,35-32-,36-33-,37-34-,45-42-,47-44-. The van der Waals surface area contributed by atoms with Crippen LogP contribution in [-0.2, 0) is 28.6 Å². The fourth-order valence-corrected chi connectivity index (χ4v) is 9.68. The number of esters is 3. The molecule has 0 N–H and O–H groups in total. The zero-order valence-electron chi connectivity index (χ0n) is 54.4. The van der Waals surface area contributed by atoms with Gasteiger partial charge in [0.05, 0.1) is 0 Å². The highest BCUT2D eigenvalue weighted by Crippen LogP contribution is 2.16. The quantitative estimate of drug-likeness (QED) is 0.0261. The molecule has 0 fully saturated rings. The summed E-state index contributed by atoms with van der Waals surface area (Å²) in [6.45, 7) is 6.51. The minimum absolute atomic E-state index is 0.0917. The Morgan fingerprint density at radius 3 is 0.735 bits per heavy atom. The summed E-state index contributed by atoms with van der Waals surface area (Å²) in [5.41, 5.74) is 0. The maximum absolute atomic E-state index is 13.0. The Balaban J connectivity index is 4.45. The third-order valence-electron chi connectivity index (χ3n) is 14.9. The van der Waals surface area contributed by atoms with Gasteiger partial charge in [0.1, 0.15) is 13.2 Å². The average Bonchev–Trinajstić information content (AvgIpc) is 3.49. The molecule has 474 valence electrons. The van der Waals surface area contributed by atoms with Crippen molar-refractivity contribution in [3.63, 3.8) is 0 Å². The minimum atomic E-state index is -0.799. The lowest BCUT2D eigenvalue weighted by molar-refractivity contribution is -0.167. The van der Waals surface area contributed by atoms with E-state index in [2.05, 4.69) is 142 Å². The predicted molar refractivity (Wildman–Crippen MR) is 362 cm³/mol. The number of carbonyl (C=O) groups excluding carboxylic acids is 3. The van der Waals surface area contributed by atoms with Gasteiger partial charge in [-0.2, -0.15) is 0 Å². The van der Waals surface area contributed by atoms with E-state index in [1.54, 1.807) is 0 Å². The van der Waals surface area contributed by atoms with E-state index in [1.165, 1.54) is 161 Å². The molecule has 0 aliphatic heterocycles. The fraction of sp³-hybridized carbons (Fsp3) is 0.701. The summed E-state index contributed by atoms with van der Waals surface area (Å²) in [5.74, 6) is -0.911. The molecule has 0 amide bonds. The van der Waals surface area contributed by atoms with Crippen LogP contribution in [0.15, 0.2) is 122 Å². The maximum atomic E-state index is 13.0. The van der Waals surface area contributed by atoms with Crippen molar-refractivity contribution in [2.24, 2.45) is 0 Å². The van der Waals surface area contributed by atoms with Crippen molar-refractivity contribution in [1.82, 2.24) is 0 Å².